The third kappa shape index (κ3) is 4.65. The van der Waals surface area contributed by atoms with Crippen molar-refractivity contribution in [3.8, 4) is 0 Å². The third-order valence-corrected chi connectivity index (χ3v) is 3.56. The van der Waals surface area contributed by atoms with E-state index in [1.54, 1.807) is 18.2 Å². The van der Waals surface area contributed by atoms with E-state index < -0.39 is 10.5 Å². The van der Waals surface area contributed by atoms with Crippen molar-refractivity contribution in [2.45, 2.75) is 19.5 Å². The molecule has 0 aliphatic heterocycles. The highest BCUT2D eigenvalue weighted by Gasteiger charge is 2.09. The van der Waals surface area contributed by atoms with Crippen LogP contribution in [-0.4, -0.2) is 15.4 Å². The van der Waals surface area contributed by atoms with Gasteiger partial charge in [0.05, 0.1) is 11.1 Å². The number of hydrogen-bond donors (Lipinski definition) is 1. The quantitative estimate of drug-likeness (QED) is 0.646. The molecule has 0 radical (unpaired) electrons. The monoisotopic (exact) mass is 335 g/mol. The van der Waals surface area contributed by atoms with Crippen LogP contribution in [0.15, 0.2) is 47.4 Å². The van der Waals surface area contributed by atoms with E-state index >= 15 is 0 Å². The summed E-state index contributed by atoms with van der Waals surface area (Å²) < 4.78 is 1.15. The van der Waals surface area contributed by atoms with E-state index in [1.807, 2.05) is 6.07 Å². The van der Waals surface area contributed by atoms with Crippen LogP contribution >= 0.6 is 11.6 Å². The summed E-state index contributed by atoms with van der Waals surface area (Å²) in [5.74, 6) is -0.275. The van der Waals surface area contributed by atoms with Gasteiger partial charge in [-0.3, -0.25) is 19.7 Å². The van der Waals surface area contributed by atoms with Gasteiger partial charge in [0.2, 0.25) is 5.91 Å². The van der Waals surface area contributed by atoms with Crippen molar-refractivity contribution in [1.29, 1.82) is 0 Å². The highest BCUT2D eigenvalue weighted by Crippen LogP contribution is 2.14. The number of nitrogens with zero attached hydrogens (tertiary/aromatic N) is 2. The first-order valence-electron chi connectivity index (χ1n) is 6.82. The number of carbonyl (C=O) groups is 1. The minimum Gasteiger partial charge on any atom is -0.352 e. The Morgan fingerprint density at radius 1 is 1.26 bits per heavy atom. The van der Waals surface area contributed by atoms with Crippen LogP contribution < -0.4 is 10.9 Å². The van der Waals surface area contributed by atoms with Crippen molar-refractivity contribution >= 4 is 23.2 Å². The third-order valence-electron chi connectivity index (χ3n) is 3.19. The Morgan fingerprint density at radius 2 is 2.00 bits per heavy atom. The predicted octanol–water partition coefficient (Wildman–Crippen LogP) is 2.12. The zero-order valence-corrected chi connectivity index (χ0v) is 12.8. The highest BCUT2D eigenvalue weighted by atomic mass is 35.5. The van der Waals surface area contributed by atoms with Crippen LogP contribution in [0, 0.1) is 10.1 Å². The van der Waals surface area contributed by atoms with Crippen LogP contribution in [-0.2, 0) is 17.9 Å². The second-order valence-electron chi connectivity index (χ2n) is 4.79. The first kappa shape index (κ1) is 16.7. The highest BCUT2D eigenvalue weighted by molar-refractivity contribution is 6.31. The molecule has 0 fully saturated rings. The van der Waals surface area contributed by atoms with Gasteiger partial charge in [0.1, 0.15) is 0 Å². The average molecular weight is 336 g/mol. The Kier molecular flexibility index (Phi) is 5.48. The first-order valence-corrected chi connectivity index (χ1v) is 7.20. The van der Waals surface area contributed by atoms with Gasteiger partial charge in [-0.2, -0.15) is 0 Å². The molecular formula is C15H14ClN3O4. The zero-order chi connectivity index (χ0) is 16.8. The molecule has 0 saturated heterocycles. The van der Waals surface area contributed by atoms with E-state index in [9.17, 15) is 19.7 Å². The van der Waals surface area contributed by atoms with Gasteiger partial charge in [0.25, 0.3) is 11.2 Å². The van der Waals surface area contributed by atoms with Crippen molar-refractivity contribution in [2.75, 3.05) is 0 Å². The minimum absolute atomic E-state index is 0.0333. The molecule has 8 heteroatoms. The fourth-order valence-corrected chi connectivity index (χ4v) is 2.15. The Bertz CT molecular complexity index is 788. The number of nitrogens with one attached hydrogen (secondary N) is 1. The van der Waals surface area contributed by atoms with Crippen molar-refractivity contribution in [3.05, 3.63) is 73.6 Å². The number of pyridine rings is 1. The fourth-order valence-electron chi connectivity index (χ4n) is 1.95. The normalized spacial score (nSPS) is 10.3. The molecule has 0 atom stereocenters. The van der Waals surface area contributed by atoms with Gasteiger partial charge in [-0.15, -0.1) is 0 Å². The predicted molar refractivity (Wildman–Crippen MR) is 85.3 cm³/mol. The van der Waals surface area contributed by atoms with Gasteiger partial charge in [0, 0.05) is 36.7 Å². The van der Waals surface area contributed by atoms with E-state index in [0.29, 0.717) is 5.02 Å². The molecule has 1 N–H and O–H groups in total. The number of carbonyl (C=O) groups excluding carboxylic acids is 1. The summed E-state index contributed by atoms with van der Waals surface area (Å²) in [6.07, 6.45) is 1.16. The van der Waals surface area contributed by atoms with Gasteiger partial charge in [-0.05, 0) is 11.6 Å². The Morgan fingerprint density at radius 3 is 2.70 bits per heavy atom. The van der Waals surface area contributed by atoms with Crippen molar-refractivity contribution in [2.24, 2.45) is 0 Å². The maximum Gasteiger partial charge on any atom is 0.285 e. The molecule has 1 aromatic heterocycles. The number of benzene rings is 1. The minimum atomic E-state index is -0.590. The van der Waals surface area contributed by atoms with Crippen LogP contribution in [0.1, 0.15) is 12.0 Å². The van der Waals surface area contributed by atoms with Crippen LogP contribution in [0.5, 0.6) is 0 Å². The zero-order valence-electron chi connectivity index (χ0n) is 12.1. The van der Waals surface area contributed by atoms with Crippen molar-refractivity contribution in [1.82, 2.24) is 9.88 Å². The van der Waals surface area contributed by atoms with Crippen molar-refractivity contribution in [3.63, 3.8) is 0 Å². The van der Waals surface area contributed by atoms with E-state index in [0.717, 1.165) is 28.5 Å². The lowest BCUT2D eigenvalue weighted by Gasteiger charge is -2.08. The Labute approximate surface area is 136 Å². The molecule has 7 nitrogen and oxygen atoms in total. The summed E-state index contributed by atoms with van der Waals surface area (Å²) in [6, 6.07) is 9.38. The van der Waals surface area contributed by atoms with Crippen molar-refractivity contribution < 1.29 is 9.72 Å². The fraction of sp³-hybridized carbons (Fsp3) is 0.200. The number of hydrogen-bond acceptors (Lipinski definition) is 4. The number of aromatic nitrogens is 1. The number of halogens is 1. The largest absolute Gasteiger partial charge is 0.352 e. The lowest BCUT2D eigenvalue weighted by molar-refractivity contribution is -0.385. The number of aryl methyl sites for hydroxylation is 1. The molecule has 1 amide bonds. The van der Waals surface area contributed by atoms with Gasteiger partial charge in [-0.25, -0.2) is 0 Å². The molecule has 0 aliphatic carbocycles. The van der Waals surface area contributed by atoms with Gasteiger partial charge in [0.15, 0.2) is 0 Å². The molecule has 2 aromatic rings. The van der Waals surface area contributed by atoms with E-state index in [2.05, 4.69) is 5.32 Å². The SMILES string of the molecule is O=C(CCn1cc([N+](=O)[O-])ccc1=O)NCc1ccccc1Cl. The van der Waals surface area contributed by atoms with Crippen LogP contribution in [0.4, 0.5) is 5.69 Å². The smallest absolute Gasteiger partial charge is 0.285 e. The Balaban J connectivity index is 1.92. The standard InChI is InChI=1S/C15H14ClN3O4/c16-13-4-2-1-3-11(13)9-17-14(20)7-8-18-10-12(19(22)23)5-6-15(18)21/h1-6,10H,7-9H2,(H,17,20). The molecule has 0 bridgehead atoms. The molecule has 2 rings (SSSR count). The summed E-state index contributed by atoms with van der Waals surface area (Å²) in [6.45, 7) is 0.344. The number of nitro groups is 1. The van der Waals surface area contributed by atoms with Gasteiger partial charge >= 0.3 is 0 Å². The first-order chi connectivity index (χ1) is 11.0. The summed E-state index contributed by atoms with van der Waals surface area (Å²) in [5, 5.41) is 13.9. The molecule has 23 heavy (non-hydrogen) atoms. The topological polar surface area (TPSA) is 94.2 Å². The van der Waals surface area contributed by atoms with Gasteiger partial charge in [-0.1, -0.05) is 29.8 Å². The maximum atomic E-state index is 11.8. The van der Waals surface area contributed by atoms with Crippen LogP contribution in [0.2, 0.25) is 5.02 Å². The lowest BCUT2D eigenvalue weighted by Crippen LogP contribution is -2.26. The van der Waals surface area contributed by atoms with E-state index in [-0.39, 0.29) is 31.1 Å². The van der Waals surface area contributed by atoms with Crippen LogP contribution in [0.25, 0.3) is 0 Å². The molecule has 0 spiro atoms. The molecule has 120 valence electrons. The summed E-state index contributed by atoms with van der Waals surface area (Å²) >= 11 is 5.99. The average Bonchev–Trinajstić information content (AvgIpc) is 2.53. The van der Waals surface area contributed by atoms with Crippen LogP contribution in [0.3, 0.4) is 0 Å². The van der Waals surface area contributed by atoms with Gasteiger partial charge < -0.3 is 9.88 Å². The van der Waals surface area contributed by atoms with E-state index in [4.69, 9.17) is 11.6 Å². The molecular weight excluding hydrogens is 322 g/mol. The Hall–Kier alpha value is -2.67. The summed E-state index contributed by atoms with van der Waals surface area (Å²) in [7, 11) is 0. The maximum absolute atomic E-state index is 11.8. The molecule has 0 unspecified atom stereocenters. The molecule has 0 saturated carbocycles. The molecule has 0 aliphatic rings. The number of rotatable bonds is 6. The summed E-state index contributed by atoms with van der Waals surface area (Å²) in [4.78, 5) is 33.6. The van der Waals surface area contributed by atoms with E-state index in [1.165, 1.54) is 0 Å². The summed E-state index contributed by atoms with van der Waals surface area (Å²) in [5.41, 5.74) is 0.200. The molecule has 1 aromatic carbocycles. The lowest BCUT2D eigenvalue weighted by atomic mass is 10.2. The molecule has 1 heterocycles. The second-order valence-corrected chi connectivity index (χ2v) is 5.20. The number of amides is 1. The second kappa shape index (κ2) is 7.55.